The normalized spacial score (nSPS) is 11.3. The Labute approximate surface area is 92.5 Å². The molecule has 0 amide bonds. The molecule has 0 spiro atoms. The molecule has 1 N–H and O–H groups in total. The molecular weight excluding hydrogens is 186 g/mol. The monoisotopic (exact) mass is 207 g/mol. The summed E-state index contributed by atoms with van der Waals surface area (Å²) in [6.45, 7) is 8.29. The summed E-state index contributed by atoms with van der Waals surface area (Å²) in [6.07, 6.45) is 0. The third kappa shape index (κ3) is 4.02. The van der Waals surface area contributed by atoms with Gasteiger partial charge in [-0.3, -0.25) is 4.90 Å². The van der Waals surface area contributed by atoms with Crippen LogP contribution in [0.4, 0.5) is 0 Å². The number of nitrogens with zero attached hydrogens (tertiary/aromatic N) is 1. The van der Waals surface area contributed by atoms with Crippen molar-refractivity contribution in [3.05, 3.63) is 35.4 Å². The number of rotatable bonds is 5. The van der Waals surface area contributed by atoms with E-state index in [0.29, 0.717) is 6.04 Å². The van der Waals surface area contributed by atoms with Gasteiger partial charge in [0.2, 0.25) is 0 Å². The predicted molar refractivity (Wildman–Crippen MR) is 63.8 cm³/mol. The van der Waals surface area contributed by atoms with Crippen molar-refractivity contribution in [3.8, 4) is 0 Å². The summed E-state index contributed by atoms with van der Waals surface area (Å²) < 4.78 is 0. The fourth-order valence-corrected chi connectivity index (χ4v) is 1.58. The Morgan fingerprint density at radius 1 is 1.20 bits per heavy atom. The van der Waals surface area contributed by atoms with Crippen molar-refractivity contribution in [2.45, 2.75) is 33.4 Å². The molecule has 0 saturated carbocycles. The van der Waals surface area contributed by atoms with E-state index in [2.05, 4.69) is 49.9 Å². The lowest BCUT2D eigenvalue weighted by Crippen LogP contribution is -2.32. The van der Waals surface area contributed by atoms with Gasteiger partial charge in [-0.1, -0.05) is 29.8 Å². The molecule has 15 heavy (non-hydrogen) atoms. The third-order valence-corrected chi connectivity index (χ3v) is 2.62. The minimum absolute atomic E-state index is 0.226. The Bertz CT molecular complexity index is 279. The van der Waals surface area contributed by atoms with E-state index in [4.69, 9.17) is 5.11 Å². The van der Waals surface area contributed by atoms with E-state index in [1.165, 1.54) is 11.1 Å². The fourth-order valence-electron chi connectivity index (χ4n) is 1.58. The highest BCUT2D eigenvalue weighted by Crippen LogP contribution is 2.09. The second kappa shape index (κ2) is 5.89. The van der Waals surface area contributed by atoms with Gasteiger partial charge in [0.05, 0.1) is 6.61 Å². The molecule has 0 unspecified atom stereocenters. The highest BCUT2D eigenvalue weighted by atomic mass is 16.3. The first kappa shape index (κ1) is 12.2. The van der Waals surface area contributed by atoms with Crippen LogP contribution in [-0.4, -0.2) is 29.2 Å². The zero-order valence-corrected chi connectivity index (χ0v) is 9.90. The molecule has 2 nitrogen and oxygen atoms in total. The number of hydrogen-bond donors (Lipinski definition) is 1. The SMILES string of the molecule is Cc1ccc(CN(CCO)C(C)C)cc1. The van der Waals surface area contributed by atoms with Crippen molar-refractivity contribution < 1.29 is 5.11 Å². The molecule has 84 valence electrons. The van der Waals surface area contributed by atoms with Crippen LogP contribution in [0.2, 0.25) is 0 Å². The minimum Gasteiger partial charge on any atom is -0.395 e. The van der Waals surface area contributed by atoms with Crippen molar-refractivity contribution in [1.82, 2.24) is 4.90 Å². The van der Waals surface area contributed by atoms with Gasteiger partial charge in [-0.15, -0.1) is 0 Å². The summed E-state index contributed by atoms with van der Waals surface area (Å²) in [6, 6.07) is 9.04. The van der Waals surface area contributed by atoms with E-state index in [9.17, 15) is 0 Å². The highest BCUT2D eigenvalue weighted by Gasteiger charge is 2.08. The smallest absolute Gasteiger partial charge is 0.0558 e. The number of hydrogen-bond acceptors (Lipinski definition) is 2. The molecule has 0 aliphatic rings. The second-order valence-corrected chi connectivity index (χ2v) is 4.27. The Balaban J connectivity index is 2.61. The van der Waals surface area contributed by atoms with Crippen LogP contribution >= 0.6 is 0 Å². The maximum atomic E-state index is 8.97. The van der Waals surface area contributed by atoms with Crippen LogP contribution in [0, 0.1) is 6.92 Å². The molecule has 0 atom stereocenters. The van der Waals surface area contributed by atoms with E-state index in [1.807, 2.05) is 0 Å². The lowest BCUT2D eigenvalue weighted by Gasteiger charge is -2.25. The van der Waals surface area contributed by atoms with Crippen LogP contribution in [0.25, 0.3) is 0 Å². The van der Waals surface area contributed by atoms with E-state index >= 15 is 0 Å². The van der Waals surface area contributed by atoms with E-state index in [-0.39, 0.29) is 6.61 Å². The largest absolute Gasteiger partial charge is 0.395 e. The van der Waals surface area contributed by atoms with Gasteiger partial charge in [-0.2, -0.15) is 0 Å². The molecule has 1 rings (SSSR count). The minimum atomic E-state index is 0.226. The molecule has 0 bridgehead atoms. The lowest BCUT2D eigenvalue weighted by molar-refractivity contribution is 0.159. The molecule has 0 radical (unpaired) electrons. The molecular formula is C13H21NO. The molecule has 0 aromatic heterocycles. The van der Waals surface area contributed by atoms with Crippen LogP contribution in [0.15, 0.2) is 24.3 Å². The number of aliphatic hydroxyl groups excluding tert-OH is 1. The van der Waals surface area contributed by atoms with Crippen LogP contribution in [0.5, 0.6) is 0 Å². The average molecular weight is 207 g/mol. The van der Waals surface area contributed by atoms with Crippen LogP contribution in [0.3, 0.4) is 0 Å². The van der Waals surface area contributed by atoms with Gasteiger partial charge in [0.15, 0.2) is 0 Å². The molecule has 1 aromatic carbocycles. The summed E-state index contributed by atoms with van der Waals surface area (Å²) in [5, 5.41) is 8.97. The summed E-state index contributed by atoms with van der Waals surface area (Å²) >= 11 is 0. The van der Waals surface area contributed by atoms with Gasteiger partial charge < -0.3 is 5.11 Å². The number of benzene rings is 1. The zero-order valence-electron chi connectivity index (χ0n) is 9.90. The van der Waals surface area contributed by atoms with E-state index in [1.54, 1.807) is 0 Å². The fraction of sp³-hybridized carbons (Fsp3) is 0.538. The first-order valence-corrected chi connectivity index (χ1v) is 5.54. The summed E-state index contributed by atoms with van der Waals surface area (Å²) in [5.74, 6) is 0. The zero-order chi connectivity index (χ0) is 11.3. The molecule has 0 heterocycles. The third-order valence-electron chi connectivity index (χ3n) is 2.62. The first-order valence-electron chi connectivity index (χ1n) is 5.54. The Kier molecular flexibility index (Phi) is 4.79. The topological polar surface area (TPSA) is 23.5 Å². The van der Waals surface area contributed by atoms with Crippen LogP contribution in [-0.2, 0) is 6.54 Å². The van der Waals surface area contributed by atoms with Gasteiger partial charge in [0, 0.05) is 19.1 Å². The molecule has 0 saturated heterocycles. The maximum Gasteiger partial charge on any atom is 0.0558 e. The predicted octanol–water partition coefficient (Wildman–Crippen LogP) is 2.20. The van der Waals surface area contributed by atoms with Crippen LogP contribution < -0.4 is 0 Å². The van der Waals surface area contributed by atoms with Crippen molar-refractivity contribution in [2.24, 2.45) is 0 Å². The molecule has 1 aromatic rings. The van der Waals surface area contributed by atoms with Gasteiger partial charge in [-0.25, -0.2) is 0 Å². The van der Waals surface area contributed by atoms with Crippen molar-refractivity contribution in [3.63, 3.8) is 0 Å². The summed E-state index contributed by atoms with van der Waals surface area (Å²) in [7, 11) is 0. The summed E-state index contributed by atoms with van der Waals surface area (Å²) in [4.78, 5) is 2.27. The standard InChI is InChI=1S/C13H21NO/c1-11(2)14(8-9-15)10-13-6-4-12(3)5-7-13/h4-7,11,15H,8-10H2,1-3H3. The number of aliphatic hydroxyl groups is 1. The van der Waals surface area contributed by atoms with Crippen molar-refractivity contribution >= 4 is 0 Å². The molecule has 0 aliphatic heterocycles. The molecule has 2 heteroatoms. The van der Waals surface area contributed by atoms with E-state index < -0.39 is 0 Å². The quantitative estimate of drug-likeness (QED) is 0.800. The number of aryl methyl sites for hydroxylation is 1. The maximum absolute atomic E-state index is 8.97. The summed E-state index contributed by atoms with van der Waals surface area (Å²) in [5.41, 5.74) is 2.60. The van der Waals surface area contributed by atoms with Crippen LogP contribution in [0.1, 0.15) is 25.0 Å². The van der Waals surface area contributed by atoms with Gasteiger partial charge in [0.25, 0.3) is 0 Å². The second-order valence-electron chi connectivity index (χ2n) is 4.27. The molecule has 0 fully saturated rings. The first-order chi connectivity index (χ1) is 7.13. The van der Waals surface area contributed by atoms with Crippen molar-refractivity contribution in [1.29, 1.82) is 0 Å². The Morgan fingerprint density at radius 2 is 1.80 bits per heavy atom. The van der Waals surface area contributed by atoms with Gasteiger partial charge in [-0.05, 0) is 26.3 Å². The Hall–Kier alpha value is -0.860. The van der Waals surface area contributed by atoms with E-state index in [0.717, 1.165) is 13.1 Å². The molecule has 0 aliphatic carbocycles. The van der Waals surface area contributed by atoms with Gasteiger partial charge in [0.1, 0.15) is 0 Å². The lowest BCUT2D eigenvalue weighted by atomic mass is 10.1. The Morgan fingerprint density at radius 3 is 2.27 bits per heavy atom. The van der Waals surface area contributed by atoms with Crippen molar-refractivity contribution in [2.75, 3.05) is 13.2 Å². The average Bonchev–Trinajstić information content (AvgIpc) is 2.20. The highest BCUT2D eigenvalue weighted by molar-refractivity contribution is 5.21. The van der Waals surface area contributed by atoms with Gasteiger partial charge >= 0.3 is 0 Å².